The summed E-state index contributed by atoms with van der Waals surface area (Å²) in [6.07, 6.45) is 3.52. The summed E-state index contributed by atoms with van der Waals surface area (Å²) in [7, 11) is 0. The molecule has 2 atom stereocenters. The number of hydrogen-bond acceptors (Lipinski definition) is 3. The first kappa shape index (κ1) is 16.0. The van der Waals surface area contributed by atoms with Crippen molar-refractivity contribution in [2.24, 2.45) is 11.7 Å². The fourth-order valence-electron chi connectivity index (χ4n) is 2.52. The average molecular weight is 354 g/mol. The number of nitrogens with two attached hydrogens (primary N) is 1. The van der Waals surface area contributed by atoms with Crippen LogP contribution < -0.4 is 16.4 Å². The van der Waals surface area contributed by atoms with Crippen LogP contribution in [0.25, 0.3) is 0 Å². The van der Waals surface area contributed by atoms with Gasteiger partial charge in [-0.15, -0.1) is 0 Å². The van der Waals surface area contributed by atoms with Crippen molar-refractivity contribution in [3.05, 3.63) is 28.7 Å². The highest BCUT2D eigenvalue weighted by Gasteiger charge is 2.25. The standard InChI is InChI=1S/C15H20BrN3O2/c16-11-4-6-13(7-5-11)19-14(20)9-18-15(21)10-2-1-3-12(17)8-10/h4-7,10,12H,1-3,8-9,17H2,(H,18,21)(H,19,20). The van der Waals surface area contributed by atoms with Crippen molar-refractivity contribution >= 4 is 33.4 Å². The van der Waals surface area contributed by atoms with Crippen molar-refractivity contribution in [1.82, 2.24) is 5.32 Å². The molecule has 1 aliphatic carbocycles. The molecule has 1 aromatic carbocycles. The van der Waals surface area contributed by atoms with E-state index in [1.807, 2.05) is 12.1 Å². The number of benzene rings is 1. The molecule has 5 nitrogen and oxygen atoms in total. The highest BCUT2D eigenvalue weighted by Crippen LogP contribution is 2.23. The van der Waals surface area contributed by atoms with Gasteiger partial charge < -0.3 is 16.4 Å². The summed E-state index contributed by atoms with van der Waals surface area (Å²) in [5, 5.41) is 5.43. The largest absolute Gasteiger partial charge is 0.347 e. The molecule has 114 valence electrons. The lowest BCUT2D eigenvalue weighted by atomic mass is 9.85. The van der Waals surface area contributed by atoms with Crippen molar-refractivity contribution in [2.75, 3.05) is 11.9 Å². The van der Waals surface area contributed by atoms with Gasteiger partial charge in [-0.3, -0.25) is 9.59 Å². The van der Waals surface area contributed by atoms with Gasteiger partial charge in [0.05, 0.1) is 6.54 Å². The smallest absolute Gasteiger partial charge is 0.243 e. The van der Waals surface area contributed by atoms with Gasteiger partial charge in [0.2, 0.25) is 11.8 Å². The van der Waals surface area contributed by atoms with Gasteiger partial charge in [0.25, 0.3) is 0 Å². The number of halogens is 1. The molecule has 0 aromatic heterocycles. The van der Waals surface area contributed by atoms with Crippen LogP contribution in [-0.4, -0.2) is 24.4 Å². The lowest BCUT2D eigenvalue weighted by Gasteiger charge is -2.25. The number of carbonyl (C=O) groups is 2. The maximum Gasteiger partial charge on any atom is 0.243 e. The van der Waals surface area contributed by atoms with Crippen LogP contribution in [0.2, 0.25) is 0 Å². The maximum atomic E-state index is 12.0. The Labute approximate surface area is 132 Å². The molecule has 0 bridgehead atoms. The zero-order valence-corrected chi connectivity index (χ0v) is 13.4. The topological polar surface area (TPSA) is 84.2 Å². The Morgan fingerprint density at radius 1 is 1.24 bits per heavy atom. The van der Waals surface area contributed by atoms with E-state index in [-0.39, 0.29) is 30.3 Å². The van der Waals surface area contributed by atoms with Crippen LogP contribution in [0.4, 0.5) is 5.69 Å². The van der Waals surface area contributed by atoms with Gasteiger partial charge in [0, 0.05) is 22.1 Å². The van der Waals surface area contributed by atoms with E-state index in [4.69, 9.17) is 5.73 Å². The van der Waals surface area contributed by atoms with Gasteiger partial charge in [0.1, 0.15) is 0 Å². The first-order valence-corrected chi connectivity index (χ1v) is 7.92. The second-order valence-corrected chi connectivity index (χ2v) is 6.31. The van der Waals surface area contributed by atoms with E-state index in [1.165, 1.54) is 0 Å². The Hall–Kier alpha value is -1.40. The summed E-state index contributed by atoms with van der Waals surface area (Å²) >= 11 is 3.33. The summed E-state index contributed by atoms with van der Waals surface area (Å²) < 4.78 is 0.947. The number of amides is 2. The number of nitrogens with one attached hydrogen (secondary N) is 2. The van der Waals surface area contributed by atoms with Crippen molar-refractivity contribution in [1.29, 1.82) is 0 Å². The number of anilines is 1. The SMILES string of the molecule is NC1CCCC(C(=O)NCC(=O)Nc2ccc(Br)cc2)C1. The molecule has 0 heterocycles. The van der Waals surface area contributed by atoms with Crippen LogP contribution in [0.15, 0.2) is 28.7 Å². The minimum Gasteiger partial charge on any atom is -0.347 e. The third-order valence-corrected chi connectivity index (χ3v) is 4.17. The Kier molecular flexibility index (Phi) is 5.76. The third kappa shape index (κ3) is 5.13. The van der Waals surface area contributed by atoms with E-state index in [1.54, 1.807) is 12.1 Å². The summed E-state index contributed by atoms with van der Waals surface area (Å²) in [6.45, 7) is -0.0133. The molecule has 1 saturated carbocycles. The molecule has 2 unspecified atom stereocenters. The third-order valence-electron chi connectivity index (χ3n) is 3.64. The number of hydrogen-bond donors (Lipinski definition) is 3. The number of rotatable bonds is 4. The molecule has 0 radical (unpaired) electrons. The van der Waals surface area contributed by atoms with E-state index in [2.05, 4.69) is 26.6 Å². The Bertz CT molecular complexity index is 504. The molecule has 0 aliphatic heterocycles. The van der Waals surface area contributed by atoms with Gasteiger partial charge >= 0.3 is 0 Å². The molecule has 2 amide bonds. The summed E-state index contributed by atoms with van der Waals surface area (Å²) in [5.41, 5.74) is 6.58. The van der Waals surface area contributed by atoms with Crippen LogP contribution >= 0.6 is 15.9 Å². The van der Waals surface area contributed by atoms with E-state index >= 15 is 0 Å². The fourth-order valence-corrected chi connectivity index (χ4v) is 2.78. The molecule has 2 rings (SSSR count). The Morgan fingerprint density at radius 3 is 2.62 bits per heavy atom. The van der Waals surface area contributed by atoms with E-state index in [9.17, 15) is 9.59 Å². The average Bonchev–Trinajstić information content (AvgIpc) is 2.47. The van der Waals surface area contributed by atoms with Crippen molar-refractivity contribution in [3.8, 4) is 0 Å². The minimum atomic E-state index is -0.231. The van der Waals surface area contributed by atoms with Crippen molar-refractivity contribution in [3.63, 3.8) is 0 Å². The van der Waals surface area contributed by atoms with Crippen LogP contribution in [0.5, 0.6) is 0 Å². The van der Waals surface area contributed by atoms with Crippen molar-refractivity contribution < 1.29 is 9.59 Å². The normalized spacial score (nSPS) is 21.6. The lowest BCUT2D eigenvalue weighted by molar-refractivity contribution is -0.128. The van der Waals surface area contributed by atoms with Crippen LogP contribution in [-0.2, 0) is 9.59 Å². The van der Waals surface area contributed by atoms with Gasteiger partial charge in [-0.05, 0) is 43.5 Å². The summed E-state index contributed by atoms with van der Waals surface area (Å²) in [5.74, 6) is -0.365. The molecular weight excluding hydrogens is 334 g/mol. The first-order chi connectivity index (χ1) is 10.0. The molecule has 4 N–H and O–H groups in total. The minimum absolute atomic E-state index is 0.0133. The quantitative estimate of drug-likeness (QED) is 0.774. The molecule has 1 aromatic rings. The molecule has 1 aliphatic rings. The highest BCUT2D eigenvalue weighted by molar-refractivity contribution is 9.10. The molecule has 21 heavy (non-hydrogen) atoms. The monoisotopic (exact) mass is 353 g/mol. The predicted molar refractivity (Wildman–Crippen MR) is 85.7 cm³/mol. The van der Waals surface area contributed by atoms with Crippen LogP contribution in [0.3, 0.4) is 0 Å². The van der Waals surface area contributed by atoms with Crippen LogP contribution in [0, 0.1) is 5.92 Å². The Balaban J connectivity index is 1.75. The molecule has 0 saturated heterocycles. The van der Waals surface area contributed by atoms with Gasteiger partial charge in [-0.1, -0.05) is 22.4 Å². The molecule has 0 spiro atoms. The van der Waals surface area contributed by atoms with Gasteiger partial charge in [-0.2, -0.15) is 0 Å². The number of carbonyl (C=O) groups excluding carboxylic acids is 2. The second kappa shape index (κ2) is 7.56. The lowest BCUT2D eigenvalue weighted by Crippen LogP contribution is -2.40. The summed E-state index contributed by atoms with van der Waals surface area (Å²) in [4.78, 5) is 23.8. The van der Waals surface area contributed by atoms with Crippen LogP contribution in [0.1, 0.15) is 25.7 Å². The van der Waals surface area contributed by atoms with Crippen molar-refractivity contribution in [2.45, 2.75) is 31.7 Å². The maximum absolute atomic E-state index is 12.0. The van der Waals surface area contributed by atoms with Gasteiger partial charge in [-0.25, -0.2) is 0 Å². The van der Waals surface area contributed by atoms with E-state index in [0.29, 0.717) is 12.1 Å². The fraction of sp³-hybridized carbons (Fsp3) is 0.467. The molecular formula is C15H20BrN3O2. The van der Waals surface area contributed by atoms with E-state index < -0.39 is 0 Å². The zero-order valence-electron chi connectivity index (χ0n) is 11.8. The first-order valence-electron chi connectivity index (χ1n) is 7.13. The zero-order chi connectivity index (χ0) is 15.2. The van der Waals surface area contributed by atoms with Gasteiger partial charge in [0.15, 0.2) is 0 Å². The molecule has 1 fully saturated rings. The Morgan fingerprint density at radius 2 is 1.95 bits per heavy atom. The van der Waals surface area contributed by atoms with E-state index in [0.717, 1.165) is 23.7 Å². The summed E-state index contributed by atoms with van der Waals surface area (Å²) in [6, 6.07) is 7.38. The second-order valence-electron chi connectivity index (χ2n) is 5.40. The molecule has 6 heteroatoms. The highest BCUT2D eigenvalue weighted by atomic mass is 79.9. The predicted octanol–water partition coefficient (Wildman–Crippen LogP) is 2.02.